The van der Waals surface area contributed by atoms with Crippen LogP contribution in [0.2, 0.25) is 0 Å². The topological polar surface area (TPSA) is 75.9 Å². The number of nitrogens with zero attached hydrogens (tertiary/aromatic N) is 5. The van der Waals surface area contributed by atoms with Crippen LogP contribution >= 0.6 is 0 Å². The molecule has 0 spiro atoms. The Morgan fingerprint density at radius 2 is 2.19 bits per heavy atom. The molecule has 7 heteroatoms. The molecule has 1 fully saturated rings. The molecule has 0 bridgehead atoms. The molecule has 1 unspecified atom stereocenters. The number of carbonyl (C=O) groups excluding carboxylic acids is 1. The Morgan fingerprint density at radius 3 is 3.07 bits per heavy atom. The Labute approximate surface area is 157 Å². The summed E-state index contributed by atoms with van der Waals surface area (Å²) in [5.74, 6) is 1.00. The summed E-state index contributed by atoms with van der Waals surface area (Å²) in [6.07, 6.45) is 6.71. The molecule has 2 aliphatic rings. The predicted octanol–water partition coefficient (Wildman–Crippen LogP) is 1.84. The molecule has 1 saturated heterocycles. The number of amides is 1. The van der Waals surface area contributed by atoms with Crippen LogP contribution in [-0.2, 0) is 24.3 Å². The van der Waals surface area contributed by atoms with E-state index in [9.17, 15) is 4.79 Å². The van der Waals surface area contributed by atoms with Crippen LogP contribution in [0.4, 0.5) is 0 Å². The Hall–Kier alpha value is -2.80. The number of hydrogen-bond acceptors (Lipinski definition) is 5. The third kappa shape index (κ3) is 3.08. The molecule has 2 aliphatic heterocycles. The van der Waals surface area contributed by atoms with Gasteiger partial charge in [0.25, 0.3) is 0 Å². The van der Waals surface area contributed by atoms with E-state index >= 15 is 0 Å². The van der Waals surface area contributed by atoms with Crippen molar-refractivity contribution in [1.82, 2.24) is 29.7 Å². The Morgan fingerprint density at radius 1 is 1.26 bits per heavy atom. The molecule has 138 valence electrons. The summed E-state index contributed by atoms with van der Waals surface area (Å²) < 4.78 is 1.92. The highest BCUT2D eigenvalue weighted by Gasteiger charge is 2.25. The second-order valence-electron chi connectivity index (χ2n) is 7.28. The zero-order valence-electron chi connectivity index (χ0n) is 15.1. The number of aromatic nitrogens is 4. The summed E-state index contributed by atoms with van der Waals surface area (Å²) in [5, 5.41) is 3.45. The Kier molecular flexibility index (Phi) is 4.09. The third-order valence-electron chi connectivity index (χ3n) is 5.51. The number of para-hydroxylation sites is 2. The fourth-order valence-electron chi connectivity index (χ4n) is 4.00. The van der Waals surface area contributed by atoms with Gasteiger partial charge in [-0.1, -0.05) is 12.1 Å². The molecule has 7 nitrogen and oxygen atoms in total. The lowest BCUT2D eigenvalue weighted by molar-refractivity contribution is -0.132. The maximum Gasteiger partial charge on any atom is 0.242 e. The van der Waals surface area contributed by atoms with E-state index in [1.54, 1.807) is 6.33 Å². The van der Waals surface area contributed by atoms with Gasteiger partial charge in [0, 0.05) is 31.3 Å². The SMILES string of the molecule is O=C(Cn1cnc2ccccc21)N1CCc2nc(C3CCCN3)ncc2C1. The highest BCUT2D eigenvalue weighted by Crippen LogP contribution is 2.23. The highest BCUT2D eigenvalue weighted by atomic mass is 16.2. The highest BCUT2D eigenvalue weighted by molar-refractivity contribution is 5.80. The van der Waals surface area contributed by atoms with Crippen LogP contribution in [0.1, 0.15) is 36.0 Å². The Bertz CT molecular complexity index is 991. The first-order valence-electron chi connectivity index (χ1n) is 9.53. The second kappa shape index (κ2) is 6.74. The van der Waals surface area contributed by atoms with Crippen molar-refractivity contribution in [2.45, 2.75) is 38.4 Å². The zero-order chi connectivity index (χ0) is 18.2. The first kappa shape index (κ1) is 16.4. The predicted molar refractivity (Wildman–Crippen MR) is 101 cm³/mol. The van der Waals surface area contributed by atoms with Crippen molar-refractivity contribution in [3.8, 4) is 0 Å². The van der Waals surface area contributed by atoms with Gasteiger partial charge >= 0.3 is 0 Å². The van der Waals surface area contributed by atoms with Crippen molar-refractivity contribution >= 4 is 16.9 Å². The van der Waals surface area contributed by atoms with Crippen molar-refractivity contribution in [3.63, 3.8) is 0 Å². The summed E-state index contributed by atoms with van der Waals surface area (Å²) in [6.45, 7) is 2.63. The lowest BCUT2D eigenvalue weighted by atomic mass is 10.1. The van der Waals surface area contributed by atoms with Gasteiger partial charge in [0.15, 0.2) is 0 Å². The molecule has 2 aromatic heterocycles. The number of nitrogens with one attached hydrogen (secondary N) is 1. The van der Waals surface area contributed by atoms with E-state index in [2.05, 4.69) is 15.3 Å². The van der Waals surface area contributed by atoms with Crippen LogP contribution < -0.4 is 5.32 Å². The van der Waals surface area contributed by atoms with Crippen LogP contribution in [0.25, 0.3) is 11.0 Å². The van der Waals surface area contributed by atoms with Gasteiger partial charge in [-0.15, -0.1) is 0 Å². The van der Waals surface area contributed by atoms with E-state index in [-0.39, 0.29) is 11.9 Å². The molecule has 0 saturated carbocycles. The molecule has 3 aromatic rings. The summed E-state index contributed by atoms with van der Waals surface area (Å²) in [4.78, 5) is 28.4. The van der Waals surface area contributed by atoms with Crippen molar-refractivity contribution in [2.24, 2.45) is 0 Å². The summed E-state index contributed by atoms with van der Waals surface area (Å²) in [5.41, 5.74) is 4.05. The number of rotatable bonds is 3. The van der Waals surface area contributed by atoms with Gasteiger partial charge < -0.3 is 14.8 Å². The molecular weight excluding hydrogens is 340 g/mol. The van der Waals surface area contributed by atoms with Crippen molar-refractivity contribution in [3.05, 3.63) is 53.9 Å². The monoisotopic (exact) mass is 362 g/mol. The third-order valence-corrected chi connectivity index (χ3v) is 5.51. The molecule has 1 atom stereocenters. The van der Waals surface area contributed by atoms with Gasteiger partial charge in [-0.05, 0) is 31.5 Å². The number of carbonyl (C=O) groups is 1. The molecule has 4 heterocycles. The molecule has 0 radical (unpaired) electrons. The van der Waals surface area contributed by atoms with Gasteiger partial charge in [-0.2, -0.15) is 0 Å². The van der Waals surface area contributed by atoms with E-state index in [1.807, 2.05) is 39.9 Å². The lowest BCUT2D eigenvalue weighted by Crippen LogP contribution is -2.38. The molecule has 1 aromatic carbocycles. The first-order chi connectivity index (χ1) is 13.3. The normalized spacial score (nSPS) is 19.4. The first-order valence-corrected chi connectivity index (χ1v) is 9.53. The minimum Gasteiger partial charge on any atom is -0.336 e. The van der Waals surface area contributed by atoms with Gasteiger partial charge in [0.05, 0.1) is 29.1 Å². The fourth-order valence-corrected chi connectivity index (χ4v) is 4.00. The molecule has 27 heavy (non-hydrogen) atoms. The fraction of sp³-hybridized carbons (Fsp3) is 0.400. The molecule has 5 rings (SSSR count). The van der Waals surface area contributed by atoms with Crippen LogP contribution in [0.15, 0.2) is 36.8 Å². The number of fused-ring (bicyclic) bond motifs is 2. The Balaban J connectivity index is 1.30. The number of imidazole rings is 1. The van der Waals surface area contributed by atoms with Crippen LogP contribution in [0.3, 0.4) is 0 Å². The number of benzene rings is 1. The quantitative estimate of drug-likeness (QED) is 0.769. The smallest absolute Gasteiger partial charge is 0.242 e. The van der Waals surface area contributed by atoms with Gasteiger partial charge in [0.2, 0.25) is 5.91 Å². The summed E-state index contributed by atoms with van der Waals surface area (Å²) >= 11 is 0. The van der Waals surface area contributed by atoms with Crippen LogP contribution in [-0.4, -0.2) is 43.4 Å². The van der Waals surface area contributed by atoms with Crippen molar-refractivity contribution in [2.75, 3.05) is 13.1 Å². The van der Waals surface area contributed by atoms with Crippen LogP contribution in [0, 0.1) is 0 Å². The van der Waals surface area contributed by atoms with E-state index in [4.69, 9.17) is 4.98 Å². The standard InChI is InChI=1S/C20H22N6O/c27-19(12-26-13-23-16-4-1-2-6-18(16)26)25-9-7-15-14(11-25)10-22-20(24-15)17-5-3-8-21-17/h1-2,4,6,10,13,17,21H,3,5,7-9,11-12H2. The average Bonchev–Trinajstić information content (AvgIpc) is 3.38. The van der Waals surface area contributed by atoms with Crippen LogP contribution in [0.5, 0.6) is 0 Å². The number of hydrogen-bond donors (Lipinski definition) is 1. The maximum atomic E-state index is 12.8. The van der Waals surface area contributed by atoms with E-state index in [0.29, 0.717) is 19.6 Å². The minimum absolute atomic E-state index is 0.102. The van der Waals surface area contributed by atoms with Gasteiger partial charge in [0.1, 0.15) is 12.4 Å². The second-order valence-corrected chi connectivity index (χ2v) is 7.28. The molecule has 0 aliphatic carbocycles. The molecular formula is C20H22N6O. The van der Waals surface area contributed by atoms with Crippen molar-refractivity contribution in [1.29, 1.82) is 0 Å². The zero-order valence-corrected chi connectivity index (χ0v) is 15.1. The lowest BCUT2D eigenvalue weighted by Gasteiger charge is -2.28. The summed E-state index contributed by atoms with van der Waals surface area (Å²) in [7, 11) is 0. The summed E-state index contributed by atoms with van der Waals surface area (Å²) in [6, 6.07) is 8.16. The minimum atomic E-state index is 0.102. The van der Waals surface area contributed by atoms with E-state index in [1.165, 1.54) is 6.42 Å². The largest absolute Gasteiger partial charge is 0.336 e. The molecule has 1 amide bonds. The van der Waals surface area contributed by atoms with Crippen molar-refractivity contribution < 1.29 is 4.79 Å². The maximum absolute atomic E-state index is 12.8. The van der Waals surface area contributed by atoms with Gasteiger partial charge in [-0.25, -0.2) is 15.0 Å². The van der Waals surface area contributed by atoms with E-state index in [0.717, 1.165) is 47.5 Å². The van der Waals surface area contributed by atoms with E-state index < -0.39 is 0 Å². The molecule has 1 N–H and O–H groups in total. The average molecular weight is 362 g/mol. The van der Waals surface area contributed by atoms with Gasteiger partial charge in [-0.3, -0.25) is 4.79 Å².